The molecule has 0 saturated carbocycles. The summed E-state index contributed by atoms with van der Waals surface area (Å²) < 4.78 is 33.8. The van der Waals surface area contributed by atoms with E-state index in [1.165, 1.54) is 6.07 Å². The van der Waals surface area contributed by atoms with Gasteiger partial charge in [0.25, 0.3) is 0 Å². The van der Waals surface area contributed by atoms with E-state index in [4.69, 9.17) is 10.5 Å². The van der Waals surface area contributed by atoms with Crippen LogP contribution >= 0.6 is 0 Å². The number of halogens is 2. The Morgan fingerprint density at radius 1 is 1.11 bits per heavy atom. The number of aromatic nitrogens is 2. The second-order valence-electron chi connectivity index (χ2n) is 7.09. The minimum absolute atomic E-state index is 0.0555. The summed E-state index contributed by atoms with van der Waals surface area (Å²) in [5.74, 6) is -0.915. The molecule has 4 rings (SSSR count). The van der Waals surface area contributed by atoms with Crippen molar-refractivity contribution in [1.29, 1.82) is 0 Å². The van der Waals surface area contributed by atoms with Gasteiger partial charge >= 0.3 is 0 Å². The Bertz CT molecular complexity index is 957. The lowest BCUT2D eigenvalue weighted by Crippen LogP contribution is -2.28. The number of nitrogens with zero attached hydrogens (tertiary/aromatic N) is 3. The molecule has 0 unspecified atom stereocenters. The number of anilines is 1. The van der Waals surface area contributed by atoms with E-state index < -0.39 is 11.6 Å². The highest BCUT2D eigenvalue weighted by Crippen LogP contribution is 2.30. The summed E-state index contributed by atoms with van der Waals surface area (Å²) in [6, 6.07) is 11.7. The summed E-state index contributed by atoms with van der Waals surface area (Å²) >= 11 is 0. The van der Waals surface area contributed by atoms with Crippen LogP contribution in [0.15, 0.2) is 54.9 Å². The van der Waals surface area contributed by atoms with E-state index in [1.807, 2.05) is 41.3 Å². The minimum atomic E-state index is -0.841. The standard InChI is InChI=1S/C21H22F2N4O/c1-28-17-5-2-14(3-6-17)10-27-11-16(9-25-27)26-12-18(21(24)13-26)15-4-7-19(22)20(23)8-15/h2-9,11,18,21H,10,12-13,24H2,1H3/t18-,21+/m0/s1. The fourth-order valence-electron chi connectivity index (χ4n) is 3.66. The van der Waals surface area contributed by atoms with Crippen LogP contribution in [0.25, 0.3) is 0 Å². The molecule has 1 aliphatic heterocycles. The Hall–Kier alpha value is -2.93. The van der Waals surface area contributed by atoms with Gasteiger partial charge in [0.15, 0.2) is 11.6 Å². The average molecular weight is 384 g/mol. The van der Waals surface area contributed by atoms with E-state index in [2.05, 4.69) is 10.00 Å². The van der Waals surface area contributed by atoms with Crippen molar-refractivity contribution in [3.63, 3.8) is 0 Å². The van der Waals surface area contributed by atoms with Crippen LogP contribution in [-0.2, 0) is 6.54 Å². The van der Waals surface area contributed by atoms with Crippen molar-refractivity contribution in [2.45, 2.75) is 18.5 Å². The van der Waals surface area contributed by atoms with Crippen molar-refractivity contribution in [3.8, 4) is 5.75 Å². The summed E-state index contributed by atoms with van der Waals surface area (Å²) in [7, 11) is 1.64. The molecule has 7 heteroatoms. The Balaban J connectivity index is 1.45. The van der Waals surface area contributed by atoms with Crippen molar-refractivity contribution in [3.05, 3.63) is 77.6 Å². The quantitative estimate of drug-likeness (QED) is 0.734. The molecule has 1 fully saturated rings. The fourth-order valence-corrected chi connectivity index (χ4v) is 3.66. The van der Waals surface area contributed by atoms with Gasteiger partial charge in [-0.3, -0.25) is 4.68 Å². The number of benzene rings is 2. The normalized spacial score (nSPS) is 19.2. The lowest BCUT2D eigenvalue weighted by atomic mass is 9.95. The van der Waals surface area contributed by atoms with Crippen molar-refractivity contribution in [1.82, 2.24) is 9.78 Å². The van der Waals surface area contributed by atoms with Crippen LogP contribution in [0.5, 0.6) is 5.75 Å². The van der Waals surface area contributed by atoms with Gasteiger partial charge in [-0.05, 0) is 35.4 Å². The molecule has 2 N–H and O–H groups in total. The Kier molecular flexibility index (Phi) is 5.00. The Labute approximate surface area is 162 Å². The maximum Gasteiger partial charge on any atom is 0.159 e. The maximum absolute atomic E-state index is 13.6. The molecule has 0 aliphatic carbocycles. The van der Waals surface area contributed by atoms with Crippen LogP contribution in [-0.4, -0.2) is 36.0 Å². The van der Waals surface area contributed by atoms with Gasteiger partial charge in [-0.25, -0.2) is 8.78 Å². The number of hydrogen-bond donors (Lipinski definition) is 1. The van der Waals surface area contributed by atoms with Gasteiger partial charge in [0.1, 0.15) is 5.75 Å². The number of nitrogens with two attached hydrogens (primary N) is 1. The van der Waals surface area contributed by atoms with Gasteiger partial charge < -0.3 is 15.4 Å². The first-order valence-electron chi connectivity index (χ1n) is 9.14. The van der Waals surface area contributed by atoms with Crippen LogP contribution < -0.4 is 15.4 Å². The van der Waals surface area contributed by atoms with Gasteiger partial charge in [-0.15, -0.1) is 0 Å². The highest BCUT2D eigenvalue weighted by atomic mass is 19.2. The minimum Gasteiger partial charge on any atom is -0.497 e. The first-order chi connectivity index (χ1) is 13.5. The molecule has 1 saturated heterocycles. The summed E-state index contributed by atoms with van der Waals surface area (Å²) in [6.45, 7) is 1.93. The predicted octanol–water partition coefficient (Wildman–Crippen LogP) is 3.15. The third kappa shape index (κ3) is 3.71. The maximum atomic E-state index is 13.6. The van der Waals surface area contributed by atoms with E-state index in [1.54, 1.807) is 13.2 Å². The summed E-state index contributed by atoms with van der Waals surface area (Å²) in [5.41, 5.74) is 9.09. The first kappa shape index (κ1) is 18.4. The van der Waals surface area contributed by atoms with E-state index in [0.717, 1.165) is 28.6 Å². The van der Waals surface area contributed by atoms with E-state index in [9.17, 15) is 8.78 Å². The molecule has 0 amide bonds. The lowest BCUT2D eigenvalue weighted by molar-refractivity contribution is 0.414. The monoisotopic (exact) mass is 384 g/mol. The Morgan fingerprint density at radius 2 is 1.89 bits per heavy atom. The topological polar surface area (TPSA) is 56.3 Å². The largest absolute Gasteiger partial charge is 0.497 e. The molecule has 0 bridgehead atoms. The summed E-state index contributed by atoms with van der Waals surface area (Å²) in [4.78, 5) is 2.13. The smallest absolute Gasteiger partial charge is 0.159 e. The summed E-state index contributed by atoms with van der Waals surface area (Å²) in [5, 5.41) is 4.44. The molecule has 3 aromatic rings. The van der Waals surface area contributed by atoms with Gasteiger partial charge in [0.2, 0.25) is 0 Å². The SMILES string of the molecule is COc1ccc(Cn2cc(N3C[C@@H](N)[C@H](c4ccc(F)c(F)c4)C3)cn2)cc1. The van der Waals surface area contributed by atoms with E-state index in [0.29, 0.717) is 19.6 Å². The molecule has 146 valence electrons. The van der Waals surface area contributed by atoms with Crippen LogP contribution in [0, 0.1) is 11.6 Å². The predicted molar refractivity (Wildman–Crippen MR) is 104 cm³/mol. The fraction of sp³-hybridized carbons (Fsp3) is 0.286. The van der Waals surface area contributed by atoms with Crippen molar-refractivity contribution in [2.24, 2.45) is 5.73 Å². The number of ether oxygens (including phenoxy) is 1. The van der Waals surface area contributed by atoms with E-state index in [-0.39, 0.29) is 12.0 Å². The Morgan fingerprint density at radius 3 is 2.61 bits per heavy atom. The van der Waals surface area contributed by atoms with Gasteiger partial charge in [0, 0.05) is 31.2 Å². The molecule has 1 aromatic heterocycles. The number of hydrogen-bond acceptors (Lipinski definition) is 4. The molecule has 2 aromatic carbocycles. The zero-order valence-electron chi connectivity index (χ0n) is 15.6. The first-order valence-corrected chi connectivity index (χ1v) is 9.14. The molecular formula is C21H22F2N4O. The highest BCUT2D eigenvalue weighted by molar-refractivity contribution is 5.46. The van der Waals surface area contributed by atoms with Gasteiger partial charge in [0.05, 0.1) is 25.5 Å². The van der Waals surface area contributed by atoms with E-state index >= 15 is 0 Å². The van der Waals surface area contributed by atoms with Crippen LogP contribution in [0.2, 0.25) is 0 Å². The van der Waals surface area contributed by atoms with Gasteiger partial charge in [-0.1, -0.05) is 18.2 Å². The molecule has 0 spiro atoms. The van der Waals surface area contributed by atoms with Crippen LogP contribution in [0.1, 0.15) is 17.0 Å². The zero-order chi connectivity index (χ0) is 19.7. The molecule has 28 heavy (non-hydrogen) atoms. The number of rotatable bonds is 5. The highest BCUT2D eigenvalue weighted by Gasteiger charge is 2.32. The molecule has 2 atom stereocenters. The molecule has 2 heterocycles. The number of methoxy groups -OCH3 is 1. The molecular weight excluding hydrogens is 362 g/mol. The van der Waals surface area contributed by atoms with Crippen molar-refractivity contribution >= 4 is 5.69 Å². The summed E-state index contributed by atoms with van der Waals surface area (Å²) in [6.07, 6.45) is 3.79. The molecule has 5 nitrogen and oxygen atoms in total. The second-order valence-corrected chi connectivity index (χ2v) is 7.09. The zero-order valence-corrected chi connectivity index (χ0v) is 15.6. The third-order valence-electron chi connectivity index (χ3n) is 5.23. The lowest BCUT2D eigenvalue weighted by Gasteiger charge is -2.16. The van der Waals surface area contributed by atoms with Crippen molar-refractivity contribution < 1.29 is 13.5 Å². The van der Waals surface area contributed by atoms with Crippen LogP contribution in [0.3, 0.4) is 0 Å². The third-order valence-corrected chi connectivity index (χ3v) is 5.23. The molecule has 0 radical (unpaired) electrons. The van der Waals surface area contributed by atoms with Crippen molar-refractivity contribution in [2.75, 3.05) is 25.1 Å². The van der Waals surface area contributed by atoms with Crippen LogP contribution in [0.4, 0.5) is 14.5 Å². The van der Waals surface area contributed by atoms with Gasteiger partial charge in [-0.2, -0.15) is 5.10 Å². The second kappa shape index (κ2) is 7.59. The molecule has 1 aliphatic rings. The average Bonchev–Trinajstić information content (AvgIpc) is 3.31.